The normalized spacial score (nSPS) is 14.7. The van der Waals surface area contributed by atoms with Gasteiger partial charge in [0.15, 0.2) is 0 Å². The Hall–Kier alpha value is -1.55. The predicted molar refractivity (Wildman–Crippen MR) is 79.8 cm³/mol. The van der Waals surface area contributed by atoms with Crippen LogP contribution in [0.1, 0.15) is 30.7 Å². The highest BCUT2D eigenvalue weighted by Crippen LogP contribution is 2.22. The molecule has 0 unspecified atom stereocenters. The molecule has 3 rings (SSSR count). The molecule has 1 amide bonds. The van der Waals surface area contributed by atoms with Crippen molar-refractivity contribution in [1.82, 2.24) is 14.9 Å². The zero-order valence-electron chi connectivity index (χ0n) is 11.5. The van der Waals surface area contributed by atoms with E-state index in [0.29, 0.717) is 24.9 Å². The van der Waals surface area contributed by atoms with Crippen molar-refractivity contribution in [3.8, 4) is 0 Å². The molecule has 1 N–H and O–H groups in total. The highest BCUT2D eigenvalue weighted by molar-refractivity contribution is 6.16. The lowest BCUT2D eigenvalue weighted by atomic mass is 10.2. The third-order valence-electron chi connectivity index (χ3n) is 3.68. The molecule has 0 radical (unpaired) electrons. The van der Waals surface area contributed by atoms with Crippen molar-refractivity contribution in [3.05, 3.63) is 29.6 Å². The number of aryl methyl sites for hydroxylation is 2. The van der Waals surface area contributed by atoms with Gasteiger partial charge in [-0.3, -0.25) is 4.79 Å². The molecule has 1 aliphatic carbocycles. The number of hydrogen-bond donors (Lipinski definition) is 1. The smallest absolute Gasteiger partial charge is 0.222 e. The highest BCUT2D eigenvalue weighted by atomic mass is 35.5. The van der Waals surface area contributed by atoms with E-state index in [4.69, 9.17) is 11.6 Å². The maximum Gasteiger partial charge on any atom is 0.222 e. The number of carbonyl (C=O) groups excluding carboxylic acids is 1. The molecule has 0 atom stereocenters. The Morgan fingerprint density at radius 3 is 3.00 bits per heavy atom. The van der Waals surface area contributed by atoms with Crippen LogP contribution in [-0.4, -0.2) is 21.5 Å². The lowest BCUT2D eigenvalue weighted by Crippen LogP contribution is -2.26. The van der Waals surface area contributed by atoms with Crippen molar-refractivity contribution >= 4 is 28.5 Å². The summed E-state index contributed by atoms with van der Waals surface area (Å²) in [5.41, 5.74) is 3.17. The Kier molecular flexibility index (Phi) is 3.66. The number of nitrogens with zero attached hydrogens (tertiary/aromatic N) is 2. The summed E-state index contributed by atoms with van der Waals surface area (Å²) in [6.07, 6.45) is 2.71. The summed E-state index contributed by atoms with van der Waals surface area (Å²) >= 11 is 5.98. The lowest BCUT2D eigenvalue weighted by Gasteiger charge is -2.08. The van der Waals surface area contributed by atoms with Crippen LogP contribution in [0.15, 0.2) is 18.2 Å². The average Bonchev–Trinajstić information content (AvgIpc) is 3.16. The number of para-hydroxylation sites is 1. The van der Waals surface area contributed by atoms with Crippen LogP contribution < -0.4 is 5.32 Å². The van der Waals surface area contributed by atoms with E-state index in [1.54, 1.807) is 0 Å². The third kappa shape index (κ3) is 2.66. The standard InChI is InChI=1S/C15H18ClN3O/c1-10-3-2-4-12-15(10)18-13(9-16)19(12)8-7-14(20)17-11-5-6-11/h2-4,11H,5-9H2,1H3,(H,17,20). The molecular weight excluding hydrogens is 274 g/mol. The van der Waals surface area contributed by atoms with Gasteiger partial charge in [0.05, 0.1) is 16.9 Å². The topological polar surface area (TPSA) is 46.9 Å². The summed E-state index contributed by atoms with van der Waals surface area (Å²) in [5.74, 6) is 1.30. The van der Waals surface area contributed by atoms with Gasteiger partial charge in [-0.1, -0.05) is 12.1 Å². The molecule has 1 saturated carbocycles. The Labute approximate surface area is 123 Å². The molecule has 5 heteroatoms. The van der Waals surface area contributed by atoms with E-state index < -0.39 is 0 Å². The van der Waals surface area contributed by atoms with Crippen molar-refractivity contribution < 1.29 is 4.79 Å². The summed E-state index contributed by atoms with van der Waals surface area (Å²) in [5, 5.41) is 3.01. The van der Waals surface area contributed by atoms with Crippen molar-refractivity contribution in [2.24, 2.45) is 0 Å². The van der Waals surface area contributed by atoms with E-state index in [9.17, 15) is 4.79 Å². The van der Waals surface area contributed by atoms with Crippen LogP contribution in [0.4, 0.5) is 0 Å². The molecule has 106 valence electrons. The summed E-state index contributed by atoms with van der Waals surface area (Å²) in [6.45, 7) is 2.66. The molecule has 0 spiro atoms. The Morgan fingerprint density at radius 1 is 1.50 bits per heavy atom. The second-order valence-corrected chi connectivity index (χ2v) is 5.61. The van der Waals surface area contributed by atoms with Gasteiger partial charge in [0, 0.05) is 19.0 Å². The highest BCUT2D eigenvalue weighted by Gasteiger charge is 2.23. The molecule has 1 heterocycles. The van der Waals surface area contributed by atoms with E-state index in [1.807, 2.05) is 25.1 Å². The van der Waals surface area contributed by atoms with Crippen molar-refractivity contribution in [2.75, 3.05) is 0 Å². The molecule has 2 aromatic rings. The van der Waals surface area contributed by atoms with Gasteiger partial charge in [-0.25, -0.2) is 4.98 Å². The number of alkyl halides is 1. The minimum Gasteiger partial charge on any atom is -0.353 e. The molecule has 1 aromatic carbocycles. The van der Waals surface area contributed by atoms with Gasteiger partial charge in [-0.15, -0.1) is 11.6 Å². The predicted octanol–water partition coefficient (Wildman–Crippen LogP) is 2.75. The van der Waals surface area contributed by atoms with Gasteiger partial charge >= 0.3 is 0 Å². The van der Waals surface area contributed by atoms with Crippen molar-refractivity contribution in [3.63, 3.8) is 0 Å². The summed E-state index contributed by atoms with van der Waals surface area (Å²) in [6, 6.07) is 6.50. The van der Waals surface area contributed by atoms with Gasteiger partial charge in [-0.05, 0) is 31.4 Å². The molecule has 1 aliphatic rings. The minimum absolute atomic E-state index is 0.113. The number of nitrogens with one attached hydrogen (secondary N) is 1. The summed E-state index contributed by atoms with van der Waals surface area (Å²) < 4.78 is 2.06. The fourth-order valence-electron chi connectivity index (χ4n) is 2.43. The molecule has 0 saturated heterocycles. The number of benzene rings is 1. The van der Waals surface area contributed by atoms with Crippen LogP contribution >= 0.6 is 11.6 Å². The Morgan fingerprint density at radius 2 is 2.30 bits per heavy atom. The Bertz CT molecular complexity index is 646. The van der Waals surface area contributed by atoms with E-state index in [2.05, 4.69) is 14.9 Å². The second kappa shape index (κ2) is 5.44. The van der Waals surface area contributed by atoms with Gasteiger partial charge in [0.1, 0.15) is 5.82 Å². The number of carbonyl (C=O) groups is 1. The number of amides is 1. The van der Waals surface area contributed by atoms with E-state index in [-0.39, 0.29) is 5.91 Å². The average molecular weight is 292 g/mol. The largest absolute Gasteiger partial charge is 0.353 e. The SMILES string of the molecule is Cc1cccc2c1nc(CCl)n2CCC(=O)NC1CC1. The molecule has 0 bridgehead atoms. The van der Waals surface area contributed by atoms with Crippen LogP contribution in [0.2, 0.25) is 0 Å². The van der Waals surface area contributed by atoms with Crippen LogP contribution in [0, 0.1) is 6.92 Å². The van der Waals surface area contributed by atoms with Gasteiger partial charge < -0.3 is 9.88 Å². The molecule has 0 aliphatic heterocycles. The number of halogens is 1. The van der Waals surface area contributed by atoms with E-state index in [1.165, 1.54) is 0 Å². The first-order valence-corrected chi connectivity index (χ1v) is 7.52. The lowest BCUT2D eigenvalue weighted by molar-refractivity contribution is -0.121. The van der Waals surface area contributed by atoms with Crippen molar-refractivity contribution in [1.29, 1.82) is 0 Å². The zero-order chi connectivity index (χ0) is 14.1. The third-order valence-corrected chi connectivity index (χ3v) is 3.92. The van der Waals surface area contributed by atoms with Crippen LogP contribution in [0.5, 0.6) is 0 Å². The quantitative estimate of drug-likeness (QED) is 0.861. The maximum absolute atomic E-state index is 11.8. The molecular formula is C15H18ClN3O. The monoisotopic (exact) mass is 291 g/mol. The van der Waals surface area contributed by atoms with Crippen LogP contribution in [0.25, 0.3) is 11.0 Å². The van der Waals surface area contributed by atoms with Crippen LogP contribution in [0.3, 0.4) is 0 Å². The van der Waals surface area contributed by atoms with Crippen LogP contribution in [-0.2, 0) is 17.2 Å². The Balaban J connectivity index is 1.81. The number of fused-ring (bicyclic) bond motifs is 1. The molecule has 1 fully saturated rings. The fraction of sp³-hybridized carbons (Fsp3) is 0.467. The maximum atomic E-state index is 11.8. The summed E-state index contributed by atoms with van der Waals surface area (Å²) in [4.78, 5) is 16.4. The van der Waals surface area contributed by atoms with E-state index in [0.717, 1.165) is 35.3 Å². The number of aromatic nitrogens is 2. The number of hydrogen-bond acceptors (Lipinski definition) is 2. The first-order valence-electron chi connectivity index (χ1n) is 6.99. The zero-order valence-corrected chi connectivity index (χ0v) is 12.3. The van der Waals surface area contributed by atoms with Gasteiger partial charge in [0.2, 0.25) is 5.91 Å². The number of rotatable bonds is 5. The molecule has 1 aromatic heterocycles. The molecule has 4 nitrogen and oxygen atoms in total. The first kappa shape index (κ1) is 13.4. The van der Waals surface area contributed by atoms with Gasteiger partial charge in [-0.2, -0.15) is 0 Å². The minimum atomic E-state index is 0.113. The summed E-state index contributed by atoms with van der Waals surface area (Å²) in [7, 11) is 0. The first-order chi connectivity index (χ1) is 9.69. The van der Waals surface area contributed by atoms with Crippen molar-refractivity contribution in [2.45, 2.75) is 44.7 Å². The van der Waals surface area contributed by atoms with Gasteiger partial charge in [0.25, 0.3) is 0 Å². The fourth-order valence-corrected chi connectivity index (χ4v) is 2.63. The number of imidazole rings is 1. The second-order valence-electron chi connectivity index (χ2n) is 5.35. The molecule has 20 heavy (non-hydrogen) atoms. The van der Waals surface area contributed by atoms with E-state index >= 15 is 0 Å².